The summed E-state index contributed by atoms with van der Waals surface area (Å²) in [5.41, 5.74) is 2.21. The fourth-order valence-corrected chi connectivity index (χ4v) is 4.58. The van der Waals surface area contributed by atoms with Gasteiger partial charge < -0.3 is 10.1 Å². The number of aromatic nitrogens is 2. The van der Waals surface area contributed by atoms with Crippen molar-refractivity contribution in [2.75, 3.05) is 12.4 Å². The van der Waals surface area contributed by atoms with Crippen LogP contribution in [0.3, 0.4) is 0 Å². The largest absolute Gasteiger partial charge is 0.495 e. The molecule has 1 aliphatic rings. The van der Waals surface area contributed by atoms with Gasteiger partial charge in [0.1, 0.15) is 22.2 Å². The maximum Gasteiger partial charge on any atom is 0.143 e. The summed E-state index contributed by atoms with van der Waals surface area (Å²) >= 11 is 7.93. The maximum absolute atomic E-state index is 6.14. The van der Waals surface area contributed by atoms with Gasteiger partial charge in [-0.05, 0) is 49.9 Å². The van der Waals surface area contributed by atoms with E-state index in [0.29, 0.717) is 5.02 Å². The molecule has 0 bridgehead atoms. The van der Waals surface area contributed by atoms with E-state index in [1.165, 1.54) is 16.9 Å². The normalized spacial score (nSPS) is 13.3. The van der Waals surface area contributed by atoms with E-state index in [4.69, 9.17) is 16.3 Å². The quantitative estimate of drug-likeness (QED) is 0.733. The predicted molar refractivity (Wildman–Crippen MR) is 95.5 cm³/mol. The van der Waals surface area contributed by atoms with Gasteiger partial charge in [0.2, 0.25) is 0 Å². The Morgan fingerprint density at radius 3 is 2.96 bits per heavy atom. The summed E-state index contributed by atoms with van der Waals surface area (Å²) < 4.78 is 5.43. The van der Waals surface area contributed by atoms with Crippen LogP contribution in [0.4, 0.5) is 11.5 Å². The highest BCUT2D eigenvalue weighted by Crippen LogP contribution is 2.41. The Morgan fingerprint density at radius 2 is 2.13 bits per heavy atom. The van der Waals surface area contributed by atoms with Crippen LogP contribution in [0, 0.1) is 6.92 Å². The molecule has 4 rings (SSSR count). The van der Waals surface area contributed by atoms with Crippen molar-refractivity contribution in [2.24, 2.45) is 0 Å². The second-order valence-corrected chi connectivity index (χ2v) is 7.15. The number of hydrogen-bond donors (Lipinski definition) is 1. The van der Waals surface area contributed by atoms with Crippen LogP contribution >= 0.6 is 22.9 Å². The number of rotatable bonds is 3. The Labute approximate surface area is 143 Å². The van der Waals surface area contributed by atoms with Gasteiger partial charge in [0.25, 0.3) is 0 Å². The first-order chi connectivity index (χ1) is 11.2. The number of benzene rings is 1. The van der Waals surface area contributed by atoms with E-state index in [1.54, 1.807) is 18.4 Å². The average Bonchev–Trinajstić information content (AvgIpc) is 3.07. The summed E-state index contributed by atoms with van der Waals surface area (Å²) in [4.78, 5) is 11.8. The summed E-state index contributed by atoms with van der Waals surface area (Å²) in [6.07, 6.45) is 3.46. The minimum Gasteiger partial charge on any atom is -0.495 e. The van der Waals surface area contributed by atoms with E-state index in [1.807, 2.05) is 25.1 Å². The second-order valence-electron chi connectivity index (χ2n) is 5.63. The molecule has 23 heavy (non-hydrogen) atoms. The smallest absolute Gasteiger partial charge is 0.143 e. The average molecular weight is 346 g/mol. The summed E-state index contributed by atoms with van der Waals surface area (Å²) in [7, 11) is 1.65. The minimum atomic E-state index is 0.658. The van der Waals surface area contributed by atoms with Gasteiger partial charge in [-0.2, -0.15) is 0 Å². The third-order valence-electron chi connectivity index (χ3n) is 4.09. The van der Waals surface area contributed by atoms with E-state index in [-0.39, 0.29) is 0 Å². The topological polar surface area (TPSA) is 47.0 Å². The predicted octanol–water partition coefficient (Wildman–Crippen LogP) is 4.89. The third-order valence-corrected chi connectivity index (χ3v) is 5.51. The van der Waals surface area contributed by atoms with Gasteiger partial charge in [-0.3, -0.25) is 0 Å². The zero-order valence-corrected chi connectivity index (χ0v) is 14.5. The van der Waals surface area contributed by atoms with E-state index < -0.39 is 0 Å². The lowest BCUT2D eigenvalue weighted by molar-refractivity contribution is 0.417. The van der Waals surface area contributed by atoms with Gasteiger partial charge in [-0.1, -0.05) is 11.6 Å². The highest BCUT2D eigenvalue weighted by Gasteiger charge is 2.22. The van der Waals surface area contributed by atoms with Gasteiger partial charge in [0, 0.05) is 9.90 Å². The molecule has 0 radical (unpaired) electrons. The molecule has 118 valence electrons. The first kappa shape index (κ1) is 14.7. The fourth-order valence-electron chi connectivity index (χ4n) is 3.10. The lowest BCUT2D eigenvalue weighted by Gasteiger charge is -2.12. The van der Waals surface area contributed by atoms with Crippen LogP contribution in [0.1, 0.15) is 22.7 Å². The monoisotopic (exact) mass is 345 g/mol. The molecule has 1 N–H and O–H groups in total. The number of thiophene rings is 1. The van der Waals surface area contributed by atoms with Crippen molar-refractivity contribution in [3.8, 4) is 5.75 Å². The molecular formula is C17H16ClN3OS. The highest BCUT2D eigenvalue weighted by molar-refractivity contribution is 7.19. The lowest BCUT2D eigenvalue weighted by atomic mass is 10.2. The molecule has 0 saturated heterocycles. The number of nitrogens with one attached hydrogen (secondary N) is 1. The zero-order chi connectivity index (χ0) is 16.0. The third kappa shape index (κ3) is 2.54. The Hall–Kier alpha value is -1.85. The molecule has 3 aromatic rings. The van der Waals surface area contributed by atoms with E-state index in [9.17, 15) is 0 Å². The Kier molecular flexibility index (Phi) is 3.62. The van der Waals surface area contributed by atoms with Crippen molar-refractivity contribution in [3.63, 3.8) is 0 Å². The first-order valence-corrected chi connectivity index (χ1v) is 8.74. The standard InChI is InChI=1S/C17H16ClN3OS/c1-9-19-16(21-12-8-10(18)6-7-13(12)22-2)15-11-4-3-5-14(11)23-17(15)20-9/h6-8H,3-5H2,1-2H3,(H,19,20,21). The molecule has 1 aromatic carbocycles. The Morgan fingerprint density at radius 1 is 1.26 bits per heavy atom. The molecule has 0 unspecified atom stereocenters. The summed E-state index contributed by atoms with van der Waals surface area (Å²) in [6, 6.07) is 5.53. The highest BCUT2D eigenvalue weighted by atomic mass is 35.5. The van der Waals surface area contributed by atoms with E-state index >= 15 is 0 Å². The molecule has 0 atom stereocenters. The molecule has 0 aliphatic heterocycles. The minimum absolute atomic E-state index is 0.658. The number of halogens is 1. The van der Waals surface area contributed by atoms with Crippen molar-refractivity contribution >= 4 is 44.7 Å². The summed E-state index contributed by atoms with van der Waals surface area (Å²) in [6.45, 7) is 1.92. The second kappa shape index (κ2) is 5.65. The molecule has 6 heteroatoms. The van der Waals surface area contributed by atoms with Gasteiger partial charge in [-0.15, -0.1) is 11.3 Å². The summed E-state index contributed by atoms with van der Waals surface area (Å²) in [5, 5.41) is 5.22. The first-order valence-electron chi connectivity index (χ1n) is 7.55. The number of methoxy groups -OCH3 is 1. The molecule has 2 heterocycles. The van der Waals surface area contributed by atoms with Crippen molar-refractivity contribution in [2.45, 2.75) is 26.2 Å². The van der Waals surface area contributed by atoms with Crippen LogP contribution in [0.5, 0.6) is 5.75 Å². The van der Waals surface area contributed by atoms with E-state index in [0.717, 1.165) is 46.1 Å². The van der Waals surface area contributed by atoms with Gasteiger partial charge in [0.15, 0.2) is 0 Å². The number of anilines is 2. The van der Waals surface area contributed by atoms with Crippen molar-refractivity contribution in [3.05, 3.63) is 39.5 Å². The van der Waals surface area contributed by atoms with Gasteiger partial charge >= 0.3 is 0 Å². The molecule has 0 spiro atoms. The fraction of sp³-hybridized carbons (Fsp3) is 0.294. The molecular weight excluding hydrogens is 330 g/mol. The molecule has 0 fully saturated rings. The number of hydrogen-bond acceptors (Lipinski definition) is 5. The number of ether oxygens (including phenoxy) is 1. The van der Waals surface area contributed by atoms with Crippen molar-refractivity contribution < 1.29 is 4.74 Å². The van der Waals surface area contributed by atoms with Crippen LogP contribution in [-0.2, 0) is 12.8 Å². The Balaban J connectivity index is 1.87. The van der Waals surface area contributed by atoms with Gasteiger partial charge in [-0.25, -0.2) is 9.97 Å². The number of aryl methyl sites for hydroxylation is 3. The van der Waals surface area contributed by atoms with Crippen molar-refractivity contribution in [1.82, 2.24) is 9.97 Å². The molecule has 0 amide bonds. The lowest BCUT2D eigenvalue weighted by Crippen LogP contribution is -2.00. The number of nitrogens with zero attached hydrogens (tertiary/aromatic N) is 2. The molecule has 2 aromatic heterocycles. The maximum atomic E-state index is 6.14. The molecule has 0 saturated carbocycles. The van der Waals surface area contributed by atoms with Crippen molar-refractivity contribution in [1.29, 1.82) is 0 Å². The summed E-state index contributed by atoms with van der Waals surface area (Å²) in [5.74, 6) is 2.35. The van der Waals surface area contributed by atoms with Gasteiger partial charge in [0.05, 0.1) is 18.2 Å². The molecule has 4 nitrogen and oxygen atoms in total. The molecule has 1 aliphatic carbocycles. The zero-order valence-electron chi connectivity index (χ0n) is 12.9. The van der Waals surface area contributed by atoms with Crippen LogP contribution in [0.25, 0.3) is 10.2 Å². The van der Waals surface area contributed by atoms with Crippen LogP contribution < -0.4 is 10.1 Å². The van der Waals surface area contributed by atoms with E-state index in [2.05, 4.69) is 15.3 Å². The number of fused-ring (bicyclic) bond motifs is 3. The Bertz CT molecular complexity index is 906. The van der Waals surface area contributed by atoms with Crippen LogP contribution in [-0.4, -0.2) is 17.1 Å². The van der Waals surface area contributed by atoms with Crippen LogP contribution in [0.2, 0.25) is 5.02 Å². The SMILES string of the molecule is COc1ccc(Cl)cc1Nc1nc(C)nc2sc3c(c12)CCC3. The van der Waals surface area contributed by atoms with Crippen LogP contribution in [0.15, 0.2) is 18.2 Å².